The van der Waals surface area contributed by atoms with Gasteiger partial charge in [0.15, 0.2) is 0 Å². The monoisotopic (exact) mass is 380 g/mol. The first-order valence-electron chi connectivity index (χ1n) is 11.1. The van der Waals surface area contributed by atoms with Crippen molar-refractivity contribution >= 4 is 12.3 Å². The molecule has 0 radical (unpaired) electrons. The van der Waals surface area contributed by atoms with Crippen LogP contribution in [-0.2, 0) is 9.59 Å². The van der Waals surface area contributed by atoms with Crippen LogP contribution in [0.1, 0.15) is 117 Å². The van der Waals surface area contributed by atoms with Crippen LogP contribution in [0.15, 0.2) is 24.3 Å². The standard InChI is InChI=1S/C12H22O2.C12H22O/c1-2-3-4-5-6-7-8-9-10-11-12(13)14;1-2-3-4-5-6-7-8-9-10-11-12-13/h7-8H,2-6,9-11H2,1H3,(H,13,14);7-8,12H,2-6,9-11H2,1H3. The Hall–Kier alpha value is -1.38. The summed E-state index contributed by atoms with van der Waals surface area (Å²) in [7, 11) is 0. The van der Waals surface area contributed by atoms with Crippen LogP contribution < -0.4 is 0 Å². The predicted octanol–water partition coefficient (Wildman–Crippen LogP) is 7.65. The normalized spacial score (nSPS) is 10.9. The second-order valence-corrected chi connectivity index (χ2v) is 7.03. The van der Waals surface area contributed by atoms with Crippen LogP contribution in [0.4, 0.5) is 0 Å². The number of carbonyl (C=O) groups excluding carboxylic acids is 1. The highest BCUT2D eigenvalue weighted by molar-refractivity contribution is 5.66. The highest BCUT2D eigenvalue weighted by Gasteiger charge is 1.93. The van der Waals surface area contributed by atoms with Gasteiger partial charge in [-0.3, -0.25) is 4.79 Å². The maximum absolute atomic E-state index is 10.2. The van der Waals surface area contributed by atoms with Gasteiger partial charge in [-0.25, -0.2) is 0 Å². The minimum atomic E-state index is -0.693. The van der Waals surface area contributed by atoms with Crippen LogP contribution in [-0.4, -0.2) is 17.4 Å². The Bertz CT molecular complexity index is 359. The molecule has 0 heterocycles. The molecule has 0 rings (SSSR count). The molecule has 158 valence electrons. The summed E-state index contributed by atoms with van der Waals surface area (Å²) in [6, 6.07) is 0. The summed E-state index contributed by atoms with van der Waals surface area (Å²) in [5.41, 5.74) is 0. The van der Waals surface area contributed by atoms with Gasteiger partial charge in [-0.15, -0.1) is 0 Å². The number of hydrogen-bond donors (Lipinski definition) is 1. The van der Waals surface area contributed by atoms with Gasteiger partial charge in [0.2, 0.25) is 0 Å². The smallest absolute Gasteiger partial charge is 0.303 e. The third kappa shape index (κ3) is 32.7. The first-order valence-corrected chi connectivity index (χ1v) is 11.1. The number of aldehydes is 1. The van der Waals surface area contributed by atoms with Gasteiger partial charge in [0.1, 0.15) is 6.29 Å². The van der Waals surface area contributed by atoms with E-state index >= 15 is 0 Å². The van der Waals surface area contributed by atoms with Gasteiger partial charge in [0.05, 0.1) is 0 Å². The van der Waals surface area contributed by atoms with Crippen molar-refractivity contribution in [1.82, 2.24) is 0 Å². The third-order valence-corrected chi connectivity index (χ3v) is 4.24. The van der Waals surface area contributed by atoms with E-state index in [1.807, 2.05) is 0 Å². The Balaban J connectivity index is 0. The number of unbranched alkanes of at least 4 members (excludes halogenated alkanes) is 11. The van der Waals surface area contributed by atoms with Crippen LogP contribution >= 0.6 is 0 Å². The Morgan fingerprint density at radius 1 is 0.630 bits per heavy atom. The molecule has 27 heavy (non-hydrogen) atoms. The Labute approximate surface area is 168 Å². The van der Waals surface area contributed by atoms with Crippen molar-refractivity contribution in [3.05, 3.63) is 24.3 Å². The van der Waals surface area contributed by atoms with Gasteiger partial charge in [-0.05, 0) is 51.4 Å². The molecule has 0 aromatic rings. The predicted molar refractivity (Wildman–Crippen MR) is 117 cm³/mol. The molecule has 0 aliphatic carbocycles. The van der Waals surface area contributed by atoms with Crippen LogP contribution in [0.25, 0.3) is 0 Å². The number of hydrogen-bond acceptors (Lipinski definition) is 2. The van der Waals surface area contributed by atoms with E-state index < -0.39 is 5.97 Å². The molecule has 0 fully saturated rings. The Morgan fingerprint density at radius 3 is 1.48 bits per heavy atom. The fourth-order valence-corrected chi connectivity index (χ4v) is 2.54. The second kappa shape index (κ2) is 26.8. The van der Waals surface area contributed by atoms with E-state index in [2.05, 4.69) is 38.2 Å². The lowest BCUT2D eigenvalue weighted by Gasteiger charge is -1.94. The van der Waals surface area contributed by atoms with Gasteiger partial charge in [-0.1, -0.05) is 76.7 Å². The molecular formula is C24H44O3. The molecule has 0 unspecified atom stereocenters. The van der Waals surface area contributed by atoms with Crippen LogP contribution in [0.5, 0.6) is 0 Å². The summed E-state index contributed by atoms with van der Waals surface area (Å²) in [5, 5.41) is 8.39. The SMILES string of the molecule is CCCCCCC=CCCCC(=O)O.CCCCCCC=CCCCC=O. The highest BCUT2D eigenvalue weighted by Crippen LogP contribution is 2.05. The lowest BCUT2D eigenvalue weighted by Crippen LogP contribution is -1.92. The molecule has 0 aliphatic rings. The molecule has 1 N–H and O–H groups in total. The van der Waals surface area contributed by atoms with E-state index in [9.17, 15) is 9.59 Å². The average Bonchev–Trinajstić information content (AvgIpc) is 2.66. The Kier molecular flexibility index (Phi) is 27.7. The highest BCUT2D eigenvalue weighted by atomic mass is 16.4. The quantitative estimate of drug-likeness (QED) is 0.151. The van der Waals surface area contributed by atoms with Crippen LogP contribution in [0.3, 0.4) is 0 Å². The molecule has 0 aromatic heterocycles. The third-order valence-electron chi connectivity index (χ3n) is 4.24. The van der Waals surface area contributed by atoms with Gasteiger partial charge in [0.25, 0.3) is 0 Å². The topological polar surface area (TPSA) is 54.4 Å². The van der Waals surface area contributed by atoms with E-state index in [0.717, 1.165) is 38.4 Å². The first-order chi connectivity index (χ1) is 13.2. The van der Waals surface area contributed by atoms with Crippen LogP contribution in [0.2, 0.25) is 0 Å². The first kappa shape index (κ1) is 27.8. The molecule has 0 saturated carbocycles. The lowest BCUT2D eigenvalue weighted by atomic mass is 10.1. The molecule has 0 bridgehead atoms. The summed E-state index contributed by atoms with van der Waals surface area (Å²) in [5.74, 6) is -0.693. The molecule has 0 spiro atoms. The molecule has 3 heteroatoms. The minimum Gasteiger partial charge on any atom is -0.481 e. The van der Waals surface area contributed by atoms with Crippen molar-refractivity contribution in [2.45, 2.75) is 117 Å². The summed E-state index contributed by atoms with van der Waals surface area (Å²) in [6.45, 7) is 4.44. The zero-order chi connectivity index (χ0) is 20.4. The summed E-state index contributed by atoms with van der Waals surface area (Å²) in [4.78, 5) is 20.2. The summed E-state index contributed by atoms with van der Waals surface area (Å²) < 4.78 is 0. The molecule has 0 amide bonds. The number of carboxylic acids is 1. The number of carboxylic acid groups (broad SMARTS) is 1. The lowest BCUT2D eigenvalue weighted by molar-refractivity contribution is -0.137. The number of allylic oxidation sites excluding steroid dienone is 4. The Morgan fingerprint density at radius 2 is 1.07 bits per heavy atom. The number of aliphatic carboxylic acids is 1. The van der Waals surface area contributed by atoms with E-state index in [1.54, 1.807) is 0 Å². The van der Waals surface area contributed by atoms with Gasteiger partial charge in [0, 0.05) is 12.8 Å². The van der Waals surface area contributed by atoms with E-state index in [0.29, 0.717) is 12.8 Å². The van der Waals surface area contributed by atoms with Crippen molar-refractivity contribution in [3.63, 3.8) is 0 Å². The summed E-state index contributed by atoms with van der Waals surface area (Å²) in [6.07, 6.45) is 27.4. The molecular weight excluding hydrogens is 336 g/mol. The maximum atomic E-state index is 10.2. The fraction of sp³-hybridized carbons (Fsp3) is 0.750. The summed E-state index contributed by atoms with van der Waals surface area (Å²) >= 11 is 0. The molecule has 3 nitrogen and oxygen atoms in total. The van der Waals surface area contributed by atoms with Crippen molar-refractivity contribution in [2.75, 3.05) is 0 Å². The van der Waals surface area contributed by atoms with E-state index in [1.165, 1.54) is 57.8 Å². The maximum Gasteiger partial charge on any atom is 0.303 e. The molecule has 0 atom stereocenters. The van der Waals surface area contributed by atoms with Crippen molar-refractivity contribution in [1.29, 1.82) is 0 Å². The average molecular weight is 381 g/mol. The van der Waals surface area contributed by atoms with E-state index in [4.69, 9.17) is 5.11 Å². The zero-order valence-corrected chi connectivity index (χ0v) is 18.0. The van der Waals surface area contributed by atoms with Crippen molar-refractivity contribution in [3.8, 4) is 0 Å². The van der Waals surface area contributed by atoms with Crippen LogP contribution in [0, 0.1) is 0 Å². The zero-order valence-electron chi connectivity index (χ0n) is 18.0. The van der Waals surface area contributed by atoms with Crippen molar-refractivity contribution in [2.24, 2.45) is 0 Å². The molecule has 0 aromatic carbocycles. The van der Waals surface area contributed by atoms with Gasteiger partial charge in [-0.2, -0.15) is 0 Å². The van der Waals surface area contributed by atoms with Gasteiger partial charge >= 0.3 is 5.97 Å². The number of rotatable bonds is 18. The minimum absolute atomic E-state index is 0.292. The largest absolute Gasteiger partial charge is 0.481 e. The van der Waals surface area contributed by atoms with E-state index in [-0.39, 0.29) is 0 Å². The number of carbonyl (C=O) groups is 2. The molecule has 0 aliphatic heterocycles. The molecule has 0 saturated heterocycles. The van der Waals surface area contributed by atoms with Gasteiger partial charge < -0.3 is 9.90 Å². The van der Waals surface area contributed by atoms with Crippen molar-refractivity contribution < 1.29 is 14.7 Å². The fourth-order valence-electron chi connectivity index (χ4n) is 2.54. The second-order valence-electron chi connectivity index (χ2n) is 7.03.